The van der Waals surface area contributed by atoms with Gasteiger partial charge in [0.15, 0.2) is 0 Å². The molecule has 0 bridgehead atoms. The fraction of sp³-hybridized carbons (Fsp3) is 0.310. The monoisotopic (exact) mass is 471 g/mol. The number of methoxy groups -OCH3 is 1. The van der Waals surface area contributed by atoms with Crippen LogP contribution in [0.4, 0.5) is 5.69 Å². The highest BCUT2D eigenvalue weighted by atomic mass is 16.5. The fourth-order valence-corrected chi connectivity index (χ4v) is 4.40. The van der Waals surface area contributed by atoms with Crippen LogP contribution in [0.5, 0.6) is 5.75 Å². The third kappa shape index (κ3) is 6.93. The van der Waals surface area contributed by atoms with Crippen LogP contribution in [0.3, 0.4) is 0 Å². The molecule has 1 aliphatic rings. The minimum absolute atomic E-state index is 0.00456. The van der Waals surface area contributed by atoms with Crippen molar-refractivity contribution >= 4 is 17.5 Å². The van der Waals surface area contributed by atoms with E-state index in [1.54, 1.807) is 24.1 Å². The Kier molecular flexibility index (Phi) is 8.52. The van der Waals surface area contributed by atoms with Gasteiger partial charge in [-0.3, -0.25) is 9.59 Å². The number of hydrogen-bond donors (Lipinski definition) is 1. The van der Waals surface area contributed by atoms with E-state index in [0.29, 0.717) is 24.4 Å². The Bertz CT molecular complexity index is 1130. The van der Waals surface area contributed by atoms with Crippen molar-refractivity contribution in [3.05, 3.63) is 95.6 Å². The molecule has 4 rings (SSSR count). The number of hydrogen-bond acceptors (Lipinski definition) is 4. The Morgan fingerprint density at radius 3 is 2.43 bits per heavy atom. The molecule has 2 amide bonds. The van der Waals surface area contributed by atoms with Gasteiger partial charge in [0, 0.05) is 24.3 Å². The average Bonchev–Trinajstić information content (AvgIpc) is 3.41. The van der Waals surface area contributed by atoms with Gasteiger partial charge >= 0.3 is 0 Å². The molecular formula is C29H33N3O3. The summed E-state index contributed by atoms with van der Waals surface area (Å²) in [7, 11) is 1.59. The van der Waals surface area contributed by atoms with Crippen molar-refractivity contribution in [2.75, 3.05) is 38.2 Å². The predicted molar refractivity (Wildman–Crippen MR) is 139 cm³/mol. The lowest BCUT2D eigenvalue weighted by Crippen LogP contribution is -2.34. The molecule has 0 unspecified atom stereocenters. The molecule has 1 fully saturated rings. The van der Waals surface area contributed by atoms with Crippen LogP contribution >= 0.6 is 0 Å². The summed E-state index contributed by atoms with van der Waals surface area (Å²) in [5, 5.41) is 3.03. The van der Waals surface area contributed by atoms with Gasteiger partial charge < -0.3 is 19.9 Å². The fourth-order valence-electron chi connectivity index (χ4n) is 4.40. The second kappa shape index (κ2) is 12.2. The molecule has 6 nitrogen and oxygen atoms in total. The van der Waals surface area contributed by atoms with Crippen LogP contribution in [-0.4, -0.2) is 50.0 Å². The van der Waals surface area contributed by atoms with Crippen molar-refractivity contribution < 1.29 is 14.3 Å². The van der Waals surface area contributed by atoms with Crippen LogP contribution < -0.4 is 15.0 Å². The SMILES string of the molecule is COc1cccc(C(=O)N(Cc2ccccc2)c2cccc(CC(=O)NCCN3CCCC3)c2)c1. The maximum absolute atomic E-state index is 13.6. The first-order valence-corrected chi connectivity index (χ1v) is 12.2. The van der Waals surface area contributed by atoms with Gasteiger partial charge in [-0.25, -0.2) is 0 Å². The maximum atomic E-state index is 13.6. The van der Waals surface area contributed by atoms with E-state index in [4.69, 9.17) is 4.74 Å². The van der Waals surface area contributed by atoms with E-state index in [-0.39, 0.29) is 18.2 Å². The van der Waals surface area contributed by atoms with Gasteiger partial charge in [0.05, 0.1) is 20.1 Å². The molecule has 1 N–H and O–H groups in total. The van der Waals surface area contributed by atoms with E-state index < -0.39 is 0 Å². The zero-order chi connectivity index (χ0) is 24.5. The van der Waals surface area contributed by atoms with E-state index in [9.17, 15) is 9.59 Å². The summed E-state index contributed by atoms with van der Waals surface area (Å²) in [6.07, 6.45) is 2.77. The largest absolute Gasteiger partial charge is 0.497 e. The Hall–Kier alpha value is -3.64. The van der Waals surface area contributed by atoms with Crippen molar-refractivity contribution in [1.29, 1.82) is 0 Å². The molecule has 0 aromatic heterocycles. The number of carbonyl (C=O) groups is 2. The normalized spacial score (nSPS) is 13.4. The lowest BCUT2D eigenvalue weighted by Gasteiger charge is -2.24. The molecular weight excluding hydrogens is 438 g/mol. The van der Waals surface area contributed by atoms with Crippen LogP contribution in [0, 0.1) is 0 Å². The quantitative estimate of drug-likeness (QED) is 0.479. The maximum Gasteiger partial charge on any atom is 0.258 e. The first-order chi connectivity index (χ1) is 17.1. The number of benzene rings is 3. The highest BCUT2D eigenvalue weighted by molar-refractivity contribution is 6.06. The molecule has 1 aliphatic heterocycles. The summed E-state index contributed by atoms with van der Waals surface area (Å²) in [5.74, 6) is 0.505. The van der Waals surface area contributed by atoms with Crippen LogP contribution in [0.25, 0.3) is 0 Å². The van der Waals surface area contributed by atoms with Crippen molar-refractivity contribution in [2.24, 2.45) is 0 Å². The van der Waals surface area contributed by atoms with Gasteiger partial charge in [-0.05, 0) is 67.4 Å². The summed E-state index contributed by atoms with van der Waals surface area (Å²) < 4.78 is 5.32. The molecule has 0 radical (unpaired) electrons. The van der Waals surface area contributed by atoms with E-state index in [0.717, 1.165) is 36.4 Å². The average molecular weight is 472 g/mol. The van der Waals surface area contributed by atoms with E-state index in [1.165, 1.54) is 12.8 Å². The van der Waals surface area contributed by atoms with Crippen LogP contribution in [0.2, 0.25) is 0 Å². The first-order valence-electron chi connectivity index (χ1n) is 12.2. The minimum atomic E-state index is -0.125. The summed E-state index contributed by atoms with van der Waals surface area (Å²) in [5.41, 5.74) is 3.20. The van der Waals surface area contributed by atoms with E-state index in [2.05, 4.69) is 10.2 Å². The molecule has 0 atom stereocenters. The number of nitrogens with zero attached hydrogens (tertiary/aromatic N) is 2. The molecule has 182 valence electrons. The van der Waals surface area contributed by atoms with Crippen LogP contribution in [0.15, 0.2) is 78.9 Å². The topological polar surface area (TPSA) is 61.9 Å². The highest BCUT2D eigenvalue weighted by Gasteiger charge is 2.20. The summed E-state index contributed by atoms with van der Waals surface area (Å²) in [6.45, 7) is 4.22. The Balaban J connectivity index is 1.49. The number of rotatable bonds is 10. The second-order valence-electron chi connectivity index (χ2n) is 8.85. The number of nitrogens with one attached hydrogen (secondary N) is 1. The molecule has 0 saturated carbocycles. The van der Waals surface area contributed by atoms with Crippen molar-refractivity contribution in [3.8, 4) is 5.75 Å². The van der Waals surface area contributed by atoms with Gasteiger partial charge in [-0.2, -0.15) is 0 Å². The summed E-state index contributed by atoms with van der Waals surface area (Å²) in [6, 6.07) is 24.7. The van der Waals surface area contributed by atoms with Crippen LogP contribution in [-0.2, 0) is 17.8 Å². The van der Waals surface area contributed by atoms with Crippen molar-refractivity contribution in [3.63, 3.8) is 0 Å². The summed E-state index contributed by atoms with van der Waals surface area (Å²) in [4.78, 5) is 30.3. The lowest BCUT2D eigenvalue weighted by molar-refractivity contribution is -0.120. The minimum Gasteiger partial charge on any atom is -0.497 e. The first kappa shape index (κ1) is 24.5. The van der Waals surface area contributed by atoms with Gasteiger partial charge in [-0.1, -0.05) is 48.5 Å². The van der Waals surface area contributed by atoms with Crippen LogP contribution in [0.1, 0.15) is 34.3 Å². The Morgan fingerprint density at radius 2 is 1.66 bits per heavy atom. The predicted octanol–water partition coefficient (Wildman–Crippen LogP) is 4.30. The van der Waals surface area contributed by atoms with E-state index >= 15 is 0 Å². The molecule has 0 spiro atoms. The number of anilines is 1. The van der Waals surface area contributed by atoms with Gasteiger partial charge in [0.1, 0.15) is 5.75 Å². The molecule has 3 aromatic carbocycles. The molecule has 1 heterocycles. The Morgan fingerprint density at radius 1 is 0.914 bits per heavy atom. The van der Waals surface area contributed by atoms with Crippen molar-refractivity contribution in [2.45, 2.75) is 25.8 Å². The van der Waals surface area contributed by atoms with E-state index in [1.807, 2.05) is 66.7 Å². The Labute approximate surface area is 207 Å². The second-order valence-corrected chi connectivity index (χ2v) is 8.85. The number of likely N-dealkylation sites (tertiary alicyclic amines) is 1. The zero-order valence-electron chi connectivity index (χ0n) is 20.3. The smallest absolute Gasteiger partial charge is 0.258 e. The number of carbonyl (C=O) groups excluding carboxylic acids is 2. The third-order valence-corrected chi connectivity index (χ3v) is 6.28. The zero-order valence-corrected chi connectivity index (χ0v) is 20.3. The van der Waals surface area contributed by atoms with Gasteiger partial charge in [0.2, 0.25) is 5.91 Å². The molecule has 0 aliphatic carbocycles. The van der Waals surface area contributed by atoms with Gasteiger partial charge in [-0.15, -0.1) is 0 Å². The lowest BCUT2D eigenvalue weighted by atomic mass is 10.1. The van der Waals surface area contributed by atoms with Crippen molar-refractivity contribution in [1.82, 2.24) is 10.2 Å². The number of ether oxygens (including phenoxy) is 1. The molecule has 1 saturated heterocycles. The summed E-state index contributed by atoms with van der Waals surface area (Å²) >= 11 is 0. The number of amides is 2. The highest BCUT2D eigenvalue weighted by Crippen LogP contribution is 2.23. The standard InChI is InChI=1S/C29H33N3O3/c1-35-27-14-8-12-25(21-27)29(34)32(22-23-9-3-2-4-10-23)26-13-7-11-24(19-26)20-28(33)30-15-18-31-16-5-6-17-31/h2-4,7-14,19,21H,5-6,15-18,20,22H2,1H3,(H,30,33). The third-order valence-electron chi connectivity index (χ3n) is 6.28. The van der Waals surface area contributed by atoms with Gasteiger partial charge in [0.25, 0.3) is 5.91 Å². The molecule has 35 heavy (non-hydrogen) atoms. The molecule has 6 heteroatoms. The molecule has 3 aromatic rings.